The predicted octanol–water partition coefficient (Wildman–Crippen LogP) is 1.24. The summed E-state index contributed by atoms with van der Waals surface area (Å²) in [6.45, 7) is 0. The van der Waals surface area contributed by atoms with Crippen LogP contribution < -0.4 is 0 Å². The Labute approximate surface area is 81.3 Å². The van der Waals surface area contributed by atoms with Gasteiger partial charge in [0, 0.05) is 5.56 Å². The number of rotatable bonds is 2. The molecule has 0 fully saturated rings. The van der Waals surface area contributed by atoms with Crippen molar-refractivity contribution in [2.24, 2.45) is 20.7 Å². The minimum absolute atomic E-state index is 0.445. The van der Waals surface area contributed by atoms with Gasteiger partial charge < -0.3 is 0 Å². The average molecular weight is 210 g/mol. The van der Waals surface area contributed by atoms with Gasteiger partial charge in [0.1, 0.15) is 0 Å². The summed E-state index contributed by atoms with van der Waals surface area (Å²) in [5.41, 5.74) is 0.445. The van der Waals surface area contributed by atoms with Crippen LogP contribution in [0, 0.1) is 0 Å². The van der Waals surface area contributed by atoms with Crippen molar-refractivity contribution < 1.29 is 8.42 Å². The molecule has 2 rings (SSSR count). The summed E-state index contributed by atoms with van der Waals surface area (Å²) < 4.78 is 22.1. The lowest BCUT2D eigenvalue weighted by Gasteiger charge is -2.11. The molecule has 0 N–H and O–H groups in total. The van der Waals surface area contributed by atoms with Crippen LogP contribution in [0.4, 0.5) is 0 Å². The van der Waals surface area contributed by atoms with Crippen LogP contribution in [0.2, 0.25) is 0 Å². The normalized spacial score (nSPS) is 17.8. The van der Waals surface area contributed by atoms with Crippen molar-refractivity contribution >= 4 is 10.7 Å². The van der Waals surface area contributed by atoms with Crippen LogP contribution in [-0.4, -0.2) is 8.42 Å². The number of nitrogens with zero attached hydrogens (tertiary/aromatic N) is 4. The topological polar surface area (TPSA) is 83.6 Å². The Morgan fingerprint density at radius 2 is 1.57 bits per heavy atom. The minimum Gasteiger partial charge on any atom is -0.227 e. The van der Waals surface area contributed by atoms with Crippen molar-refractivity contribution in [1.29, 1.82) is 0 Å². The highest BCUT2D eigenvalue weighted by atomic mass is 32.2. The van der Waals surface area contributed by atoms with E-state index in [2.05, 4.69) is 20.7 Å². The van der Waals surface area contributed by atoms with E-state index >= 15 is 0 Å². The molecule has 0 radical (unpaired) electrons. The van der Waals surface area contributed by atoms with E-state index in [0.29, 0.717) is 5.56 Å². The average Bonchev–Trinajstić information content (AvgIpc) is 2.69. The third-order valence-electron chi connectivity index (χ3n) is 1.82. The maximum atomic E-state index is 11.1. The Morgan fingerprint density at radius 3 is 2.07 bits per heavy atom. The van der Waals surface area contributed by atoms with E-state index in [0.717, 1.165) is 0 Å². The first kappa shape index (κ1) is 8.95. The Bertz CT molecular complexity index is 446. The van der Waals surface area contributed by atoms with Gasteiger partial charge in [0.25, 0.3) is 0 Å². The molecule has 0 unspecified atom stereocenters. The van der Waals surface area contributed by atoms with Crippen molar-refractivity contribution in [3.05, 3.63) is 35.9 Å². The van der Waals surface area contributed by atoms with Crippen molar-refractivity contribution in [3.8, 4) is 0 Å². The maximum Gasteiger partial charge on any atom is 0.315 e. The third-order valence-corrected chi connectivity index (χ3v) is 2.77. The Balaban J connectivity index is 2.59. The molecule has 72 valence electrons. The maximum absolute atomic E-state index is 11.1. The Kier molecular flexibility index (Phi) is 2.08. The Morgan fingerprint density at radius 1 is 1.00 bits per heavy atom. The summed E-state index contributed by atoms with van der Waals surface area (Å²) in [5, 5.41) is 13.5. The second-order valence-corrected chi connectivity index (χ2v) is 3.78. The summed E-state index contributed by atoms with van der Waals surface area (Å²) in [4.78, 5) is -1.64. The summed E-state index contributed by atoms with van der Waals surface area (Å²) in [7, 11) is -2.88. The van der Waals surface area contributed by atoms with Crippen LogP contribution in [0.1, 0.15) is 5.56 Å². The fourth-order valence-corrected chi connectivity index (χ4v) is 1.73. The van der Waals surface area contributed by atoms with Crippen molar-refractivity contribution in [3.63, 3.8) is 0 Å². The van der Waals surface area contributed by atoms with Crippen molar-refractivity contribution in [1.82, 2.24) is 0 Å². The summed E-state index contributed by atoms with van der Waals surface area (Å²) in [6, 6.07) is 8.43. The zero-order valence-corrected chi connectivity index (χ0v) is 7.83. The molecule has 0 saturated carbocycles. The van der Waals surface area contributed by atoms with Crippen LogP contribution in [0.15, 0.2) is 51.0 Å². The predicted molar refractivity (Wildman–Crippen MR) is 48.1 cm³/mol. The van der Waals surface area contributed by atoms with E-state index in [1.165, 1.54) is 0 Å². The molecule has 1 heterocycles. The monoisotopic (exact) mass is 210 g/mol. The van der Waals surface area contributed by atoms with Gasteiger partial charge in [0.05, 0.1) is 0 Å². The molecule has 1 aliphatic heterocycles. The number of thiol groups is 1. The largest absolute Gasteiger partial charge is 0.315 e. The first-order chi connectivity index (χ1) is 6.76. The standard InChI is InChI=1S/C7H6N4O2S/c12-14(13)7(8-10-11-9-7)6-4-2-1-3-5-6/h1-5,14H. The molecule has 0 atom stereocenters. The van der Waals surface area contributed by atoms with Gasteiger partial charge in [-0.05, 0) is 10.4 Å². The molecule has 0 saturated heterocycles. The van der Waals surface area contributed by atoms with Gasteiger partial charge >= 0.3 is 4.99 Å². The molecule has 0 bridgehead atoms. The van der Waals surface area contributed by atoms with E-state index in [1.807, 2.05) is 0 Å². The van der Waals surface area contributed by atoms with Gasteiger partial charge in [-0.1, -0.05) is 30.3 Å². The van der Waals surface area contributed by atoms with Gasteiger partial charge in [0.2, 0.25) is 0 Å². The summed E-state index contributed by atoms with van der Waals surface area (Å²) in [6.07, 6.45) is 0. The first-order valence-electron chi connectivity index (χ1n) is 3.80. The molecule has 1 aliphatic rings. The zero-order valence-electron chi connectivity index (χ0n) is 6.94. The van der Waals surface area contributed by atoms with Gasteiger partial charge in [-0.2, -0.15) is 0 Å². The molecule has 0 aromatic heterocycles. The highest BCUT2D eigenvalue weighted by Crippen LogP contribution is 2.32. The van der Waals surface area contributed by atoms with E-state index in [1.54, 1.807) is 30.3 Å². The fraction of sp³-hybridized carbons (Fsp3) is 0.143. The van der Waals surface area contributed by atoms with Crippen LogP contribution in [-0.2, 0) is 15.7 Å². The van der Waals surface area contributed by atoms with Gasteiger partial charge in [0.15, 0.2) is 10.7 Å². The van der Waals surface area contributed by atoms with Crippen molar-refractivity contribution in [2.45, 2.75) is 4.99 Å². The molecule has 0 amide bonds. The zero-order chi connectivity index (χ0) is 10.0. The van der Waals surface area contributed by atoms with Gasteiger partial charge in [-0.25, -0.2) is 8.42 Å². The smallest absolute Gasteiger partial charge is 0.227 e. The second kappa shape index (κ2) is 3.26. The number of hydrogen-bond acceptors (Lipinski definition) is 6. The highest BCUT2D eigenvalue weighted by Gasteiger charge is 2.39. The van der Waals surface area contributed by atoms with E-state index in [-0.39, 0.29) is 0 Å². The molecule has 1 aromatic rings. The lowest BCUT2D eigenvalue weighted by molar-refractivity contribution is 0.556. The van der Waals surface area contributed by atoms with E-state index in [9.17, 15) is 8.42 Å². The molecule has 0 spiro atoms. The van der Waals surface area contributed by atoms with Crippen LogP contribution in [0.5, 0.6) is 0 Å². The SMILES string of the molecule is O=[SH](=O)C1(c2ccccc2)N=NN=N1. The third kappa shape index (κ3) is 1.22. The van der Waals surface area contributed by atoms with E-state index < -0.39 is 15.7 Å². The van der Waals surface area contributed by atoms with Crippen LogP contribution >= 0.6 is 0 Å². The lowest BCUT2D eigenvalue weighted by Crippen LogP contribution is -2.20. The number of benzene rings is 1. The summed E-state index contributed by atoms with van der Waals surface area (Å²) in [5.74, 6) is 0. The molecular weight excluding hydrogens is 204 g/mol. The quantitative estimate of drug-likeness (QED) is 0.745. The minimum atomic E-state index is -2.88. The first-order valence-corrected chi connectivity index (χ1v) is 4.97. The molecule has 14 heavy (non-hydrogen) atoms. The molecular formula is C7H6N4O2S. The van der Waals surface area contributed by atoms with Crippen LogP contribution in [0.3, 0.4) is 0 Å². The lowest BCUT2D eigenvalue weighted by atomic mass is 10.2. The molecule has 0 aliphatic carbocycles. The highest BCUT2D eigenvalue weighted by molar-refractivity contribution is 7.73. The van der Waals surface area contributed by atoms with Gasteiger partial charge in [-0.15, -0.1) is 10.2 Å². The summed E-state index contributed by atoms with van der Waals surface area (Å²) >= 11 is 0. The van der Waals surface area contributed by atoms with Crippen LogP contribution in [0.25, 0.3) is 0 Å². The Hall–Kier alpha value is -1.63. The fourth-order valence-electron chi connectivity index (χ4n) is 1.14. The number of hydrogen-bond donors (Lipinski definition) is 1. The molecule has 7 heteroatoms. The van der Waals surface area contributed by atoms with Gasteiger partial charge in [-0.3, -0.25) is 0 Å². The second-order valence-electron chi connectivity index (χ2n) is 2.64. The molecule has 1 aromatic carbocycles. The van der Waals surface area contributed by atoms with E-state index in [4.69, 9.17) is 0 Å². The van der Waals surface area contributed by atoms with Crippen molar-refractivity contribution in [2.75, 3.05) is 0 Å². The molecule has 6 nitrogen and oxygen atoms in total.